The van der Waals surface area contributed by atoms with Crippen molar-refractivity contribution in [2.24, 2.45) is 0 Å². The maximum absolute atomic E-state index is 13.6. The van der Waals surface area contributed by atoms with Crippen molar-refractivity contribution in [3.05, 3.63) is 114 Å². The molecule has 6 rings (SSSR count). The van der Waals surface area contributed by atoms with Gasteiger partial charge in [0, 0.05) is 46.4 Å². The van der Waals surface area contributed by atoms with Crippen LogP contribution < -0.4 is 4.74 Å². The van der Waals surface area contributed by atoms with E-state index in [-0.39, 0.29) is 16.2 Å². The predicted octanol–water partition coefficient (Wildman–Crippen LogP) is 6.07. The molecule has 192 valence electrons. The molecule has 0 atom stereocenters. The molecule has 0 aliphatic rings. The molecule has 0 fully saturated rings. The Balaban J connectivity index is 1.67. The Labute approximate surface area is 223 Å². The van der Waals surface area contributed by atoms with Crippen LogP contribution in [0.4, 0.5) is 5.69 Å². The molecule has 0 saturated carbocycles. The Morgan fingerprint density at radius 2 is 1.62 bits per heavy atom. The largest absolute Gasteiger partial charge is 0.496 e. The van der Waals surface area contributed by atoms with E-state index in [9.17, 15) is 18.5 Å². The summed E-state index contributed by atoms with van der Waals surface area (Å²) in [5.41, 5.74) is 2.98. The van der Waals surface area contributed by atoms with Crippen LogP contribution in [0.25, 0.3) is 44.3 Å². The second-order valence-corrected chi connectivity index (χ2v) is 10.6. The van der Waals surface area contributed by atoms with Crippen LogP contribution in [0.2, 0.25) is 0 Å². The van der Waals surface area contributed by atoms with E-state index in [4.69, 9.17) is 9.72 Å². The predicted molar refractivity (Wildman–Crippen MR) is 148 cm³/mol. The number of non-ortho nitro benzene ring substituents is 1. The Kier molecular flexibility index (Phi) is 5.81. The number of methoxy groups -OCH3 is 1. The number of ether oxygens (including phenoxy) is 1. The Hall–Kier alpha value is -5.09. The molecule has 6 aromatic rings. The van der Waals surface area contributed by atoms with Crippen molar-refractivity contribution in [1.29, 1.82) is 0 Å². The summed E-state index contributed by atoms with van der Waals surface area (Å²) in [5, 5.41) is 12.8. The van der Waals surface area contributed by atoms with Crippen molar-refractivity contribution >= 4 is 37.6 Å². The second kappa shape index (κ2) is 9.34. The van der Waals surface area contributed by atoms with E-state index in [0.717, 1.165) is 15.1 Å². The fourth-order valence-corrected chi connectivity index (χ4v) is 6.03. The van der Waals surface area contributed by atoms with E-state index in [1.165, 1.54) is 36.7 Å². The number of nitro groups is 1. The van der Waals surface area contributed by atoms with Gasteiger partial charge in [0.1, 0.15) is 5.75 Å². The van der Waals surface area contributed by atoms with Crippen molar-refractivity contribution < 1.29 is 18.1 Å². The standard InChI is InChI=1S/C29H20N4O5S/c1-38-28-12-6-5-10-22(28)24-17-27(31-26-16-19(33(34)35)13-14-21(24)26)25-18-32(29-23(25)11-7-15-30-29)39(36,37)20-8-3-2-4-9-20/h2-18H,1H3. The summed E-state index contributed by atoms with van der Waals surface area (Å²) in [7, 11) is -2.40. The summed E-state index contributed by atoms with van der Waals surface area (Å²) in [5.74, 6) is 0.616. The van der Waals surface area contributed by atoms with Crippen LogP contribution in [0.15, 0.2) is 108 Å². The molecule has 0 radical (unpaired) electrons. The summed E-state index contributed by atoms with van der Waals surface area (Å²) in [6, 6.07) is 25.4. The maximum atomic E-state index is 13.6. The molecule has 0 saturated heterocycles. The minimum absolute atomic E-state index is 0.103. The average molecular weight is 537 g/mol. The number of aromatic nitrogens is 3. The van der Waals surface area contributed by atoms with Crippen molar-refractivity contribution in [3.8, 4) is 28.1 Å². The number of benzene rings is 3. The van der Waals surface area contributed by atoms with Gasteiger partial charge in [0.2, 0.25) is 0 Å². The first-order valence-corrected chi connectivity index (χ1v) is 13.3. The number of hydrogen-bond acceptors (Lipinski definition) is 7. The van der Waals surface area contributed by atoms with E-state index in [1.54, 1.807) is 43.5 Å². The minimum Gasteiger partial charge on any atom is -0.496 e. The molecule has 3 aromatic heterocycles. The lowest BCUT2D eigenvalue weighted by Gasteiger charge is -2.13. The molecule has 0 spiro atoms. The van der Waals surface area contributed by atoms with Gasteiger partial charge in [-0.3, -0.25) is 10.1 Å². The van der Waals surface area contributed by atoms with Gasteiger partial charge in [0.25, 0.3) is 15.7 Å². The number of nitrogens with zero attached hydrogens (tertiary/aromatic N) is 4. The summed E-state index contributed by atoms with van der Waals surface area (Å²) in [4.78, 5) is 20.3. The SMILES string of the molecule is COc1ccccc1-c1cc(-c2cn(S(=O)(=O)c3ccccc3)c3ncccc23)nc2cc([N+](=O)[O-])ccc12. The fraction of sp³-hybridized carbons (Fsp3) is 0.0345. The van der Waals surface area contributed by atoms with Gasteiger partial charge >= 0.3 is 0 Å². The Bertz CT molecular complexity index is 2000. The summed E-state index contributed by atoms with van der Waals surface area (Å²) in [6.45, 7) is 0. The van der Waals surface area contributed by atoms with Gasteiger partial charge in [0.15, 0.2) is 5.65 Å². The van der Waals surface area contributed by atoms with Gasteiger partial charge in [-0.2, -0.15) is 0 Å². The molecular formula is C29H20N4O5S. The summed E-state index contributed by atoms with van der Waals surface area (Å²) >= 11 is 0. The number of rotatable bonds is 6. The lowest BCUT2D eigenvalue weighted by molar-refractivity contribution is -0.384. The molecule has 3 heterocycles. The van der Waals surface area contributed by atoms with E-state index in [1.807, 2.05) is 30.3 Å². The molecule has 0 amide bonds. The first-order chi connectivity index (χ1) is 18.9. The maximum Gasteiger partial charge on any atom is 0.271 e. The van der Waals surface area contributed by atoms with Crippen molar-refractivity contribution in [1.82, 2.24) is 13.9 Å². The molecule has 3 aromatic carbocycles. The Morgan fingerprint density at radius 3 is 2.38 bits per heavy atom. The number of hydrogen-bond donors (Lipinski definition) is 0. The van der Waals surface area contributed by atoms with E-state index in [0.29, 0.717) is 33.3 Å². The first kappa shape index (κ1) is 24.3. The summed E-state index contributed by atoms with van der Waals surface area (Å²) < 4.78 is 34.0. The van der Waals surface area contributed by atoms with E-state index >= 15 is 0 Å². The lowest BCUT2D eigenvalue weighted by atomic mass is 9.97. The third-order valence-electron chi connectivity index (χ3n) is 6.51. The molecule has 0 bridgehead atoms. The molecular weight excluding hydrogens is 516 g/mol. The van der Waals surface area contributed by atoms with Crippen LogP contribution in [-0.4, -0.2) is 34.4 Å². The number of para-hydroxylation sites is 1. The van der Waals surface area contributed by atoms with Crippen molar-refractivity contribution in [2.75, 3.05) is 7.11 Å². The highest BCUT2D eigenvalue weighted by Crippen LogP contribution is 2.40. The molecule has 0 aliphatic heterocycles. The number of nitro benzene ring substituents is 1. The van der Waals surface area contributed by atoms with Gasteiger partial charge in [-0.25, -0.2) is 22.4 Å². The highest BCUT2D eigenvalue weighted by molar-refractivity contribution is 7.90. The molecule has 39 heavy (non-hydrogen) atoms. The van der Waals surface area contributed by atoms with Crippen molar-refractivity contribution in [2.45, 2.75) is 4.90 Å². The quantitative estimate of drug-likeness (QED) is 0.187. The number of pyridine rings is 2. The van der Waals surface area contributed by atoms with Crippen LogP contribution in [0, 0.1) is 10.1 Å². The summed E-state index contributed by atoms with van der Waals surface area (Å²) in [6.07, 6.45) is 3.03. The first-order valence-electron chi connectivity index (χ1n) is 11.9. The zero-order valence-electron chi connectivity index (χ0n) is 20.6. The lowest BCUT2D eigenvalue weighted by Crippen LogP contribution is -2.12. The molecule has 0 N–H and O–H groups in total. The van der Waals surface area contributed by atoms with Gasteiger partial charge in [-0.1, -0.05) is 36.4 Å². The molecule has 9 nitrogen and oxygen atoms in total. The third kappa shape index (κ3) is 4.07. The zero-order chi connectivity index (χ0) is 27.1. The Morgan fingerprint density at radius 1 is 0.846 bits per heavy atom. The topological polar surface area (TPSA) is 117 Å². The highest BCUT2D eigenvalue weighted by Gasteiger charge is 2.24. The highest BCUT2D eigenvalue weighted by atomic mass is 32.2. The van der Waals surface area contributed by atoms with Crippen LogP contribution in [0.1, 0.15) is 0 Å². The van der Waals surface area contributed by atoms with Crippen LogP contribution in [0.3, 0.4) is 0 Å². The van der Waals surface area contributed by atoms with Crippen molar-refractivity contribution in [3.63, 3.8) is 0 Å². The van der Waals surface area contributed by atoms with Gasteiger partial charge in [-0.05, 0) is 48.0 Å². The molecule has 0 unspecified atom stereocenters. The van der Waals surface area contributed by atoms with Crippen LogP contribution in [-0.2, 0) is 10.0 Å². The van der Waals surface area contributed by atoms with E-state index < -0.39 is 14.9 Å². The normalized spacial score (nSPS) is 11.6. The second-order valence-electron chi connectivity index (χ2n) is 8.75. The molecule has 10 heteroatoms. The van der Waals surface area contributed by atoms with Crippen LogP contribution in [0.5, 0.6) is 5.75 Å². The monoisotopic (exact) mass is 536 g/mol. The van der Waals surface area contributed by atoms with Gasteiger partial charge in [0.05, 0.1) is 28.1 Å². The number of fused-ring (bicyclic) bond motifs is 2. The van der Waals surface area contributed by atoms with Gasteiger partial charge in [-0.15, -0.1) is 0 Å². The third-order valence-corrected chi connectivity index (χ3v) is 8.17. The fourth-order valence-electron chi connectivity index (χ4n) is 4.68. The smallest absolute Gasteiger partial charge is 0.271 e. The van der Waals surface area contributed by atoms with Gasteiger partial charge < -0.3 is 4.74 Å². The zero-order valence-corrected chi connectivity index (χ0v) is 21.4. The van der Waals surface area contributed by atoms with E-state index in [2.05, 4.69) is 4.98 Å². The average Bonchev–Trinajstić information content (AvgIpc) is 3.37. The van der Waals surface area contributed by atoms with Crippen LogP contribution >= 0.6 is 0 Å². The molecule has 0 aliphatic carbocycles. The minimum atomic E-state index is -3.97.